The number of benzene rings is 2. The van der Waals surface area contributed by atoms with Crippen LogP contribution in [0.15, 0.2) is 48.5 Å². The van der Waals surface area contributed by atoms with Gasteiger partial charge in [-0.3, -0.25) is 9.59 Å². The van der Waals surface area contributed by atoms with E-state index >= 15 is 0 Å². The predicted molar refractivity (Wildman–Crippen MR) is 100 cm³/mol. The Kier molecular flexibility index (Phi) is 5.77. The normalized spacial score (nSPS) is 15.2. The summed E-state index contributed by atoms with van der Waals surface area (Å²) in [5, 5.41) is 0.942. The molecular formula is C20H19Cl2NO2. The second kappa shape index (κ2) is 8.03. The number of halogens is 2. The van der Waals surface area contributed by atoms with Crippen molar-refractivity contribution in [3.05, 3.63) is 69.7 Å². The Hall–Kier alpha value is -1.84. The van der Waals surface area contributed by atoms with Gasteiger partial charge in [-0.2, -0.15) is 0 Å². The quantitative estimate of drug-likeness (QED) is 0.728. The maximum Gasteiger partial charge on any atom is 0.226 e. The van der Waals surface area contributed by atoms with E-state index < -0.39 is 0 Å². The van der Waals surface area contributed by atoms with Gasteiger partial charge in [0.25, 0.3) is 0 Å². The first-order chi connectivity index (χ1) is 12.0. The summed E-state index contributed by atoms with van der Waals surface area (Å²) in [6.07, 6.45) is 1.72. The molecule has 2 aromatic carbocycles. The van der Waals surface area contributed by atoms with E-state index in [9.17, 15) is 9.59 Å². The molecule has 1 saturated heterocycles. The van der Waals surface area contributed by atoms with Crippen LogP contribution in [0.1, 0.15) is 28.8 Å². The highest BCUT2D eigenvalue weighted by Gasteiger charge is 2.27. The van der Waals surface area contributed by atoms with Crippen molar-refractivity contribution in [3.8, 4) is 0 Å². The van der Waals surface area contributed by atoms with Crippen LogP contribution >= 0.6 is 23.2 Å². The molecule has 0 radical (unpaired) electrons. The molecule has 1 fully saturated rings. The summed E-state index contributed by atoms with van der Waals surface area (Å²) in [4.78, 5) is 26.8. The van der Waals surface area contributed by atoms with Crippen molar-refractivity contribution >= 4 is 34.9 Å². The van der Waals surface area contributed by atoms with Gasteiger partial charge in [0, 0.05) is 24.6 Å². The van der Waals surface area contributed by atoms with Crippen LogP contribution in [0.3, 0.4) is 0 Å². The van der Waals surface area contributed by atoms with E-state index in [0.29, 0.717) is 42.4 Å². The zero-order chi connectivity index (χ0) is 17.8. The first-order valence-electron chi connectivity index (χ1n) is 8.35. The van der Waals surface area contributed by atoms with E-state index in [4.69, 9.17) is 23.2 Å². The zero-order valence-electron chi connectivity index (χ0n) is 13.8. The first kappa shape index (κ1) is 18.0. The number of carbonyl (C=O) groups is 2. The Morgan fingerprint density at radius 1 is 0.960 bits per heavy atom. The summed E-state index contributed by atoms with van der Waals surface area (Å²) in [6.45, 7) is 1.23. The SMILES string of the molecule is O=C(c1ccccc1)C1CCN(C(=O)Cc2ccc(Cl)c(Cl)c2)CC1. The highest BCUT2D eigenvalue weighted by Crippen LogP contribution is 2.25. The molecule has 130 valence electrons. The van der Waals surface area contributed by atoms with E-state index in [2.05, 4.69) is 0 Å². The third-order valence-corrected chi connectivity index (χ3v) is 5.36. The van der Waals surface area contributed by atoms with Gasteiger partial charge in [0.05, 0.1) is 16.5 Å². The molecule has 25 heavy (non-hydrogen) atoms. The first-order valence-corrected chi connectivity index (χ1v) is 9.11. The van der Waals surface area contributed by atoms with Crippen molar-refractivity contribution < 1.29 is 9.59 Å². The fourth-order valence-corrected chi connectivity index (χ4v) is 3.49. The number of carbonyl (C=O) groups excluding carboxylic acids is 2. The average molecular weight is 376 g/mol. The average Bonchev–Trinajstić information content (AvgIpc) is 2.65. The number of Topliss-reactive ketones (excluding diaryl/α,β-unsaturated/α-hetero) is 1. The maximum absolute atomic E-state index is 12.5. The molecule has 0 aromatic heterocycles. The van der Waals surface area contributed by atoms with Crippen molar-refractivity contribution in [1.29, 1.82) is 0 Å². The lowest BCUT2D eigenvalue weighted by molar-refractivity contribution is -0.131. The second-order valence-electron chi connectivity index (χ2n) is 6.31. The molecule has 3 rings (SSSR count). The fraction of sp³-hybridized carbons (Fsp3) is 0.300. The van der Waals surface area contributed by atoms with E-state index in [1.54, 1.807) is 12.1 Å². The number of nitrogens with zero attached hydrogens (tertiary/aromatic N) is 1. The smallest absolute Gasteiger partial charge is 0.226 e. The predicted octanol–water partition coefficient (Wildman–Crippen LogP) is 4.66. The highest BCUT2D eigenvalue weighted by atomic mass is 35.5. The molecule has 0 bridgehead atoms. The van der Waals surface area contributed by atoms with Crippen LogP contribution in [-0.4, -0.2) is 29.7 Å². The Labute approximate surface area is 157 Å². The Morgan fingerprint density at radius 3 is 2.28 bits per heavy atom. The molecule has 0 atom stereocenters. The van der Waals surface area contributed by atoms with Crippen molar-refractivity contribution in [2.75, 3.05) is 13.1 Å². The second-order valence-corrected chi connectivity index (χ2v) is 7.12. The molecule has 1 aliphatic rings. The van der Waals surface area contributed by atoms with Crippen LogP contribution in [0, 0.1) is 5.92 Å². The standard InChI is InChI=1S/C20H19Cl2NO2/c21-17-7-6-14(12-18(17)22)13-19(24)23-10-8-16(9-11-23)20(25)15-4-2-1-3-5-15/h1-7,12,16H,8-11,13H2. The van der Waals surface area contributed by atoms with Crippen LogP contribution in [0.25, 0.3) is 0 Å². The van der Waals surface area contributed by atoms with Gasteiger partial charge in [0.2, 0.25) is 5.91 Å². The molecule has 2 aromatic rings. The molecule has 0 N–H and O–H groups in total. The van der Waals surface area contributed by atoms with Crippen LogP contribution < -0.4 is 0 Å². The summed E-state index contributed by atoms with van der Waals surface area (Å²) in [7, 11) is 0. The third kappa shape index (κ3) is 4.42. The van der Waals surface area contributed by atoms with Gasteiger partial charge in [-0.1, -0.05) is 59.6 Å². The number of piperidine rings is 1. The van der Waals surface area contributed by atoms with Gasteiger partial charge in [-0.25, -0.2) is 0 Å². The number of amides is 1. The van der Waals surface area contributed by atoms with E-state index in [1.165, 1.54) is 0 Å². The minimum absolute atomic E-state index is 0.00331. The number of ketones is 1. The lowest BCUT2D eigenvalue weighted by Crippen LogP contribution is -2.41. The summed E-state index contributed by atoms with van der Waals surface area (Å²) < 4.78 is 0. The molecule has 1 aliphatic heterocycles. The van der Waals surface area contributed by atoms with Gasteiger partial charge < -0.3 is 4.90 Å². The molecule has 0 aliphatic carbocycles. The lowest BCUT2D eigenvalue weighted by Gasteiger charge is -2.31. The summed E-state index contributed by atoms with van der Waals surface area (Å²) >= 11 is 11.9. The molecule has 0 saturated carbocycles. The number of hydrogen-bond acceptors (Lipinski definition) is 2. The molecule has 1 amide bonds. The van der Waals surface area contributed by atoms with Crippen molar-refractivity contribution in [2.24, 2.45) is 5.92 Å². The number of hydrogen-bond donors (Lipinski definition) is 0. The van der Waals surface area contributed by atoms with E-state index in [1.807, 2.05) is 41.3 Å². The molecule has 5 heteroatoms. The van der Waals surface area contributed by atoms with E-state index in [0.717, 1.165) is 11.1 Å². The van der Waals surface area contributed by atoms with Gasteiger partial charge in [0.15, 0.2) is 5.78 Å². The minimum atomic E-state index is -0.00331. The summed E-state index contributed by atoms with van der Waals surface area (Å²) in [6, 6.07) is 14.6. The molecular weight excluding hydrogens is 357 g/mol. The topological polar surface area (TPSA) is 37.4 Å². The van der Waals surface area contributed by atoms with Gasteiger partial charge >= 0.3 is 0 Å². The fourth-order valence-electron chi connectivity index (χ4n) is 3.17. The van der Waals surface area contributed by atoms with Gasteiger partial charge in [-0.05, 0) is 30.5 Å². The van der Waals surface area contributed by atoms with Crippen LogP contribution in [-0.2, 0) is 11.2 Å². The number of likely N-dealkylation sites (tertiary alicyclic amines) is 1. The van der Waals surface area contributed by atoms with Crippen molar-refractivity contribution in [2.45, 2.75) is 19.3 Å². The maximum atomic E-state index is 12.5. The molecule has 0 spiro atoms. The zero-order valence-corrected chi connectivity index (χ0v) is 15.3. The lowest BCUT2D eigenvalue weighted by atomic mass is 9.88. The Morgan fingerprint density at radius 2 is 1.64 bits per heavy atom. The molecule has 0 unspecified atom stereocenters. The van der Waals surface area contributed by atoms with Crippen molar-refractivity contribution in [3.63, 3.8) is 0 Å². The largest absolute Gasteiger partial charge is 0.342 e. The number of rotatable bonds is 4. The Bertz CT molecular complexity index is 769. The van der Waals surface area contributed by atoms with Gasteiger partial charge in [-0.15, -0.1) is 0 Å². The monoisotopic (exact) mass is 375 g/mol. The third-order valence-electron chi connectivity index (χ3n) is 4.62. The summed E-state index contributed by atoms with van der Waals surface area (Å²) in [5.41, 5.74) is 1.60. The molecule has 3 nitrogen and oxygen atoms in total. The van der Waals surface area contributed by atoms with Crippen LogP contribution in [0.5, 0.6) is 0 Å². The van der Waals surface area contributed by atoms with Crippen molar-refractivity contribution in [1.82, 2.24) is 4.90 Å². The van der Waals surface area contributed by atoms with Crippen LogP contribution in [0.4, 0.5) is 0 Å². The summed E-state index contributed by atoms with van der Waals surface area (Å²) in [5.74, 6) is 0.234. The van der Waals surface area contributed by atoms with Crippen LogP contribution in [0.2, 0.25) is 10.0 Å². The molecule has 1 heterocycles. The minimum Gasteiger partial charge on any atom is -0.342 e. The van der Waals surface area contributed by atoms with Gasteiger partial charge in [0.1, 0.15) is 0 Å². The Balaban J connectivity index is 1.55. The highest BCUT2D eigenvalue weighted by molar-refractivity contribution is 6.42. The van der Waals surface area contributed by atoms with E-state index in [-0.39, 0.29) is 17.6 Å².